The van der Waals surface area contributed by atoms with E-state index in [-0.39, 0.29) is 18.6 Å². The van der Waals surface area contributed by atoms with E-state index in [4.69, 9.17) is 4.74 Å². The molecule has 0 saturated carbocycles. The van der Waals surface area contributed by atoms with E-state index in [0.29, 0.717) is 0 Å². The van der Waals surface area contributed by atoms with Crippen LogP contribution in [-0.2, 0) is 11.3 Å². The molecule has 1 aliphatic rings. The minimum absolute atomic E-state index is 0.0373. The number of nitrogens with zero attached hydrogens (tertiary/aromatic N) is 1. The van der Waals surface area contributed by atoms with Crippen LogP contribution in [0.5, 0.6) is 5.75 Å². The molecular weight excluding hydrogens is 324 g/mol. The summed E-state index contributed by atoms with van der Waals surface area (Å²) in [6.07, 6.45) is 1.98. The molecule has 1 amide bonds. The molecule has 138 valence electrons. The number of piperidine rings is 1. The van der Waals surface area contributed by atoms with Crippen molar-refractivity contribution in [1.82, 2.24) is 10.2 Å². The lowest BCUT2D eigenvalue weighted by Crippen LogP contribution is -2.45. The third-order valence-electron chi connectivity index (χ3n) is 5.05. The SMILES string of the molecule is Cc1ccc(OCC(=O)NC2CCN(Cc3ccccc3)CC2)cc1C. The Labute approximate surface area is 156 Å². The first-order chi connectivity index (χ1) is 12.6. The Morgan fingerprint density at radius 2 is 1.81 bits per heavy atom. The molecular formula is C22H28N2O2. The molecule has 0 spiro atoms. The maximum absolute atomic E-state index is 12.2. The summed E-state index contributed by atoms with van der Waals surface area (Å²) >= 11 is 0. The number of aryl methyl sites for hydroxylation is 2. The van der Waals surface area contributed by atoms with E-state index < -0.39 is 0 Å². The summed E-state index contributed by atoms with van der Waals surface area (Å²) in [5.41, 5.74) is 3.74. The summed E-state index contributed by atoms with van der Waals surface area (Å²) < 4.78 is 5.62. The van der Waals surface area contributed by atoms with Gasteiger partial charge in [-0.25, -0.2) is 0 Å². The highest BCUT2D eigenvalue weighted by molar-refractivity contribution is 5.77. The standard InChI is InChI=1S/C22H28N2O2/c1-17-8-9-21(14-18(17)2)26-16-22(25)23-20-10-12-24(13-11-20)15-19-6-4-3-5-7-19/h3-9,14,20H,10-13,15-16H2,1-2H3,(H,23,25). The summed E-state index contributed by atoms with van der Waals surface area (Å²) in [5, 5.41) is 3.11. The number of hydrogen-bond acceptors (Lipinski definition) is 3. The van der Waals surface area contributed by atoms with Crippen LogP contribution in [0.25, 0.3) is 0 Å². The molecule has 1 saturated heterocycles. The normalized spacial score (nSPS) is 15.6. The number of ether oxygens (including phenoxy) is 1. The fraction of sp³-hybridized carbons (Fsp3) is 0.409. The van der Waals surface area contributed by atoms with Crippen LogP contribution in [0.4, 0.5) is 0 Å². The summed E-state index contributed by atoms with van der Waals surface area (Å²) in [5.74, 6) is 0.714. The van der Waals surface area contributed by atoms with Crippen molar-refractivity contribution < 1.29 is 9.53 Å². The Morgan fingerprint density at radius 1 is 1.08 bits per heavy atom. The van der Waals surface area contributed by atoms with Gasteiger partial charge in [-0.1, -0.05) is 36.4 Å². The topological polar surface area (TPSA) is 41.6 Å². The maximum Gasteiger partial charge on any atom is 0.258 e. The summed E-state index contributed by atoms with van der Waals surface area (Å²) in [6.45, 7) is 7.20. The van der Waals surface area contributed by atoms with Crippen LogP contribution >= 0.6 is 0 Å². The summed E-state index contributed by atoms with van der Waals surface area (Å²) in [7, 11) is 0. The van der Waals surface area contributed by atoms with Gasteiger partial charge in [-0.2, -0.15) is 0 Å². The van der Waals surface area contributed by atoms with Gasteiger partial charge in [0.2, 0.25) is 0 Å². The summed E-state index contributed by atoms with van der Waals surface area (Å²) in [6, 6.07) is 16.7. The third kappa shape index (κ3) is 5.33. The molecule has 4 heteroatoms. The highest BCUT2D eigenvalue weighted by Crippen LogP contribution is 2.17. The lowest BCUT2D eigenvalue weighted by atomic mass is 10.0. The van der Waals surface area contributed by atoms with Crippen LogP contribution in [-0.4, -0.2) is 36.5 Å². The van der Waals surface area contributed by atoms with Crippen molar-refractivity contribution in [2.24, 2.45) is 0 Å². The van der Waals surface area contributed by atoms with Gasteiger partial charge in [0, 0.05) is 25.7 Å². The zero-order chi connectivity index (χ0) is 18.4. The van der Waals surface area contributed by atoms with Crippen LogP contribution in [0.15, 0.2) is 48.5 Å². The Bertz CT molecular complexity index is 722. The quantitative estimate of drug-likeness (QED) is 0.866. The molecule has 0 radical (unpaired) electrons. The summed E-state index contributed by atoms with van der Waals surface area (Å²) in [4.78, 5) is 14.6. The lowest BCUT2D eigenvalue weighted by Gasteiger charge is -2.32. The largest absolute Gasteiger partial charge is 0.484 e. The van der Waals surface area contributed by atoms with Gasteiger partial charge in [-0.05, 0) is 55.5 Å². The van der Waals surface area contributed by atoms with Crippen molar-refractivity contribution in [3.63, 3.8) is 0 Å². The molecule has 0 bridgehead atoms. The van der Waals surface area contributed by atoms with Gasteiger partial charge in [0.05, 0.1) is 0 Å². The number of rotatable bonds is 6. The van der Waals surface area contributed by atoms with Gasteiger partial charge in [0.15, 0.2) is 6.61 Å². The minimum Gasteiger partial charge on any atom is -0.484 e. The molecule has 1 N–H and O–H groups in total. The lowest BCUT2D eigenvalue weighted by molar-refractivity contribution is -0.124. The van der Waals surface area contributed by atoms with Gasteiger partial charge < -0.3 is 10.1 Å². The molecule has 0 aliphatic carbocycles. The molecule has 0 atom stereocenters. The molecule has 1 fully saturated rings. The fourth-order valence-corrected chi connectivity index (χ4v) is 3.30. The molecule has 3 rings (SSSR count). The Morgan fingerprint density at radius 3 is 2.50 bits per heavy atom. The van der Waals surface area contributed by atoms with Crippen LogP contribution < -0.4 is 10.1 Å². The number of nitrogens with one attached hydrogen (secondary N) is 1. The van der Waals surface area contributed by atoms with Crippen LogP contribution in [0.1, 0.15) is 29.5 Å². The van der Waals surface area contributed by atoms with E-state index in [2.05, 4.69) is 41.4 Å². The average molecular weight is 352 g/mol. The molecule has 0 unspecified atom stereocenters. The number of carbonyl (C=O) groups is 1. The van der Waals surface area contributed by atoms with Crippen molar-refractivity contribution in [1.29, 1.82) is 0 Å². The second-order valence-electron chi connectivity index (χ2n) is 7.14. The molecule has 4 nitrogen and oxygen atoms in total. The smallest absolute Gasteiger partial charge is 0.258 e. The minimum atomic E-state index is -0.0373. The Hall–Kier alpha value is -2.33. The van der Waals surface area contributed by atoms with Crippen LogP contribution in [0.2, 0.25) is 0 Å². The molecule has 1 heterocycles. The predicted octanol–water partition coefficient (Wildman–Crippen LogP) is 3.46. The second-order valence-corrected chi connectivity index (χ2v) is 7.14. The molecule has 26 heavy (non-hydrogen) atoms. The Kier molecular flexibility index (Phi) is 6.29. The van der Waals surface area contributed by atoms with Crippen LogP contribution in [0, 0.1) is 13.8 Å². The molecule has 2 aromatic carbocycles. The molecule has 2 aromatic rings. The van der Waals surface area contributed by atoms with Gasteiger partial charge >= 0.3 is 0 Å². The third-order valence-corrected chi connectivity index (χ3v) is 5.05. The Balaban J connectivity index is 1.38. The number of amides is 1. The number of likely N-dealkylation sites (tertiary alicyclic amines) is 1. The molecule has 1 aliphatic heterocycles. The van der Waals surface area contributed by atoms with Crippen molar-refractivity contribution in [3.8, 4) is 5.75 Å². The van der Waals surface area contributed by atoms with E-state index >= 15 is 0 Å². The van der Waals surface area contributed by atoms with Crippen molar-refractivity contribution in [3.05, 3.63) is 65.2 Å². The first-order valence-electron chi connectivity index (χ1n) is 9.36. The van der Waals surface area contributed by atoms with Gasteiger partial charge in [-0.3, -0.25) is 9.69 Å². The van der Waals surface area contributed by atoms with E-state index in [1.54, 1.807) is 0 Å². The van der Waals surface area contributed by atoms with Crippen molar-refractivity contribution >= 4 is 5.91 Å². The predicted molar refractivity (Wildman–Crippen MR) is 104 cm³/mol. The highest BCUT2D eigenvalue weighted by atomic mass is 16.5. The van der Waals surface area contributed by atoms with E-state index in [1.807, 2.05) is 31.2 Å². The zero-order valence-electron chi connectivity index (χ0n) is 15.7. The average Bonchev–Trinajstić information content (AvgIpc) is 2.65. The second kappa shape index (κ2) is 8.86. The van der Waals surface area contributed by atoms with Crippen molar-refractivity contribution in [2.45, 2.75) is 39.3 Å². The number of carbonyl (C=O) groups excluding carboxylic acids is 1. The van der Waals surface area contributed by atoms with Gasteiger partial charge in [0.1, 0.15) is 5.75 Å². The van der Waals surface area contributed by atoms with Crippen molar-refractivity contribution in [2.75, 3.05) is 19.7 Å². The van der Waals surface area contributed by atoms with E-state index in [9.17, 15) is 4.79 Å². The van der Waals surface area contributed by atoms with E-state index in [1.165, 1.54) is 16.7 Å². The van der Waals surface area contributed by atoms with Crippen LogP contribution in [0.3, 0.4) is 0 Å². The number of hydrogen-bond donors (Lipinski definition) is 1. The first kappa shape index (κ1) is 18.5. The first-order valence-corrected chi connectivity index (χ1v) is 9.36. The molecule has 0 aromatic heterocycles. The van der Waals surface area contributed by atoms with E-state index in [0.717, 1.165) is 38.2 Å². The monoisotopic (exact) mass is 352 g/mol. The maximum atomic E-state index is 12.2. The van der Waals surface area contributed by atoms with Gasteiger partial charge in [0.25, 0.3) is 5.91 Å². The highest BCUT2D eigenvalue weighted by Gasteiger charge is 2.20. The fourth-order valence-electron chi connectivity index (χ4n) is 3.30. The number of benzene rings is 2. The zero-order valence-corrected chi connectivity index (χ0v) is 15.7. The van der Waals surface area contributed by atoms with Gasteiger partial charge in [-0.15, -0.1) is 0 Å².